The van der Waals surface area contributed by atoms with E-state index in [0.29, 0.717) is 5.75 Å². The maximum atomic E-state index is 8.41. The maximum absolute atomic E-state index is 8.41. The van der Waals surface area contributed by atoms with Crippen LogP contribution in [0.15, 0.2) is 24.3 Å². The van der Waals surface area contributed by atoms with Gasteiger partial charge in [0.25, 0.3) is 0 Å². The third-order valence-corrected chi connectivity index (χ3v) is 1.26. The first-order valence-corrected chi connectivity index (χ1v) is 3.28. The molecule has 0 saturated carbocycles. The number of aryl methyl sites for hydroxylation is 1. The first-order chi connectivity index (χ1) is 5.18. The van der Waals surface area contributed by atoms with Gasteiger partial charge in [0, 0.05) is 0 Å². The zero-order chi connectivity index (χ0) is 8.27. The molecule has 0 fully saturated rings. The molecule has 60 valence electrons. The SMILES string of the molecule is Cc1ccc(OB(O)O)cc1.[LiH]. The van der Waals surface area contributed by atoms with Crippen LogP contribution in [0.25, 0.3) is 0 Å². The minimum absolute atomic E-state index is 0. The Bertz CT molecular complexity index is 225. The van der Waals surface area contributed by atoms with Crippen molar-refractivity contribution in [2.45, 2.75) is 6.92 Å². The predicted molar refractivity (Wildman–Crippen MR) is 49.1 cm³/mol. The van der Waals surface area contributed by atoms with E-state index in [4.69, 9.17) is 10.0 Å². The topological polar surface area (TPSA) is 49.7 Å². The van der Waals surface area contributed by atoms with E-state index < -0.39 is 7.32 Å². The van der Waals surface area contributed by atoms with Crippen molar-refractivity contribution in [1.82, 2.24) is 0 Å². The molecule has 1 aromatic rings. The average Bonchev–Trinajstić information content (AvgIpc) is 1.93. The summed E-state index contributed by atoms with van der Waals surface area (Å²) in [4.78, 5) is 0. The fourth-order valence-corrected chi connectivity index (χ4v) is 0.739. The molecule has 1 aromatic carbocycles. The molecular formula is C7H10BLiO3. The van der Waals surface area contributed by atoms with Gasteiger partial charge >= 0.3 is 26.2 Å². The van der Waals surface area contributed by atoms with E-state index in [1.165, 1.54) is 0 Å². The minimum atomic E-state index is -1.74. The normalized spacial score (nSPS) is 8.58. The summed E-state index contributed by atoms with van der Waals surface area (Å²) in [7, 11) is -1.74. The molecule has 0 amide bonds. The molecule has 1 rings (SSSR count). The van der Waals surface area contributed by atoms with Gasteiger partial charge in [-0.3, -0.25) is 0 Å². The van der Waals surface area contributed by atoms with Gasteiger partial charge in [-0.25, -0.2) is 0 Å². The zero-order valence-corrected chi connectivity index (χ0v) is 6.19. The van der Waals surface area contributed by atoms with Gasteiger partial charge in [-0.2, -0.15) is 0 Å². The van der Waals surface area contributed by atoms with Crippen LogP contribution in [0.2, 0.25) is 0 Å². The van der Waals surface area contributed by atoms with Crippen molar-refractivity contribution in [2.24, 2.45) is 0 Å². The van der Waals surface area contributed by atoms with Crippen molar-refractivity contribution in [1.29, 1.82) is 0 Å². The summed E-state index contributed by atoms with van der Waals surface area (Å²) in [5.74, 6) is 0.450. The molecule has 0 heterocycles. The van der Waals surface area contributed by atoms with Crippen LogP contribution in [-0.4, -0.2) is 36.2 Å². The van der Waals surface area contributed by atoms with Gasteiger partial charge in [0.1, 0.15) is 5.75 Å². The van der Waals surface area contributed by atoms with Crippen LogP contribution in [0, 0.1) is 6.92 Å². The van der Waals surface area contributed by atoms with Crippen molar-refractivity contribution in [3.63, 3.8) is 0 Å². The van der Waals surface area contributed by atoms with Gasteiger partial charge < -0.3 is 14.7 Å². The van der Waals surface area contributed by atoms with Crippen LogP contribution < -0.4 is 4.65 Å². The van der Waals surface area contributed by atoms with E-state index in [2.05, 4.69) is 4.65 Å². The van der Waals surface area contributed by atoms with Gasteiger partial charge in [-0.1, -0.05) is 17.7 Å². The van der Waals surface area contributed by atoms with E-state index in [9.17, 15) is 0 Å². The van der Waals surface area contributed by atoms with Crippen molar-refractivity contribution in [3.05, 3.63) is 29.8 Å². The molecule has 5 heteroatoms. The van der Waals surface area contributed by atoms with Crippen molar-refractivity contribution in [2.75, 3.05) is 0 Å². The molecule has 0 atom stereocenters. The van der Waals surface area contributed by atoms with Gasteiger partial charge in [-0.05, 0) is 19.1 Å². The number of benzene rings is 1. The van der Waals surface area contributed by atoms with Crippen molar-refractivity contribution < 1.29 is 14.7 Å². The van der Waals surface area contributed by atoms with E-state index in [-0.39, 0.29) is 18.9 Å². The Morgan fingerprint density at radius 2 is 1.67 bits per heavy atom. The molecule has 0 spiro atoms. The molecule has 0 aliphatic heterocycles. The summed E-state index contributed by atoms with van der Waals surface area (Å²) in [5.41, 5.74) is 1.10. The first-order valence-electron chi connectivity index (χ1n) is 3.28. The Kier molecular flexibility index (Phi) is 5.11. The monoisotopic (exact) mass is 160 g/mol. The zero-order valence-electron chi connectivity index (χ0n) is 6.19. The second-order valence-corrected chi connectivity index (χ2v) is 2.26. The second-order valence-electron chi connectivity index (χ2n) is 2.26. The summed E-state index contributed by atoms with van der Waals surface area (Å²) < 4.78 is 4.58. The molecule has 0 saturated heterocycles. The molecule has 0 aromatic heterocycles. The number of hydrogen-bond acceptors (Lipinski definition) is 3. The number of hydrogen-bond donors (Lipinski definition) is 2. The van der Waals surface area contributed by atoms with Gasteiger partial charge in [0.05, 0.1) is 0 Å². The van der Waals surface area contributed by atoms with Crippen LogP contribution in [0.5, 0.6) is 5.75 Å². The molecule has 0 aliphatic rings. The van der Waals surface area contributed by atoms with Crippen LogP contribution in [0.1, 0.15) is 5.56 Å². The molecule has 0 radical (unpaired) electrons. The summed E-state index contributed by atoms with van der Waals surface area (Å²) in [6, 6.07) is 7.01. The Morgan fingerprint density at radius 3 is 2.08 bits per heavy atom. The molecule has 0 aliphatic carbocycles. The summed E-state index contributed by atoms with van der Waals surface area (Å²) in [6.45, 7) is 1.94. The summed E-state index contributed by atoms with van der Waals surface area (Å²) in [6.07, 6.45) is 0. The average molecular weight is 160 g/mol. The van der Waals surface area contributed by atoms with Crippen molar-refractivity contribution in [3.8, 4) is 5.75 Å². The predicted octanol–water partition coefficient (Wildman–Crippen LogP) is -0.305. The van der Waals surface area contributed by atoms with E-state index in [1.807, 2.05) is 19.1 Å². The van der Waals surface area contributed by atoms with E-state index in [1.54, 1.807) is 12.1 Å². The van der Waals surface area contributed by atoms with Crippen molar-refractivity contribution >= 4 is 26.2 Å². The standard InChI is InChI=1S/C7H9BO3.Li.H/c1-6-2-4-7(5-3-6)11-8(9)10;;/h2-5,9-10H,1H3;;. The van der Waals surface area contributed by atoms with E-state index in [0.717, 1.165) is 5.56 Å². The van der Waals surface area contributed by atoms with Crippen LogP contribution in [0.3, 0.4) is 0 Å². The molecule has 0 unspecified atom stereocenters. The molecular weight excluding hydrogens is 150 g/mol. The fourth-order valence-electron chi connectivity index (χ4n) is 0.739. The summed E-state index contributed by atoms with van der Waals surface area (Å²) in [5, 5.41) is 16.8. The Morgan fingerprint density at radius 1 is 1.17 bits per heavy atom. The molecule has 12 heavy (non-hydrogen) atoms. The molecule has 0 bridgehead atoms. The summed E-state index contributed by atoms with van der Waals surface area (Å²) >= 11 is 0. The number of rotatable bonds is 2. The Labute approximate surface area is 83.7 Å². The third-order valence-electron chi connectivity index (χ3n) is 1.26. The Hall–Kier alpha value is -0.398. The first kappa shape index (κ1) is 11.6. The van der Waals surface area contributed by atoms with E-state index >= 15 is 0 Å². The van der Waals surface area contributed by atoms with Gasteiger partial charge in [0.15, 0.2) is 0 Å². The molecule has 2 N–H and O–H groups in total. The second kappa shape index (κ2) is 5.28. The van der Waals surface area contributed by atoms with Gasteiger partial charge in [-0.15, -0.1) is 0 Å². The van der Waals surface area contributed by atoms with Crippen LogP contribution >= 0.6 is 0 Å². The van der Waals surface area contributed by atoms with Crippen LogP contribution in [0.4, 0.5) is 0 Å². The third kappa shape index (κ3) is 3.84. The Balaban J connectivity index is 0.00000121. The molecule has 3 nitrogen and oxygen atoms in total. The van der Waals surface area contributed by atoms with Gasteiger partial charge in [0.2, 0.25) is 0 Å². The fraction of sp³-hybridized carbons (Fsp3) is 0.143. The van der Waals surface area contributed by atoms with Crippen LogP contribution in [-0.2, 0) is 0 Å². The quantitative estimate of drug-likeness (QED) is 0.583.